The fourth-order valence-corrected chi connectivity index (χ4v) is 5.39. The minimum Gasteiger partial charge on any atom is -0.0850 e. The van der Waals surface area contributed by atoms with Crippen molar-refractivity contribution in [3.05, 3.63) is 47.0 Å². The SMILES string of the molecule is CCCc1ccc(CCC2=CCC(C3CCC(CCC)CC3)CC2)cc1. The summed E-state index contributed by atoms with van der Waals surface area (Å²) in [6.07, 6.45) is 20.7. The number of hydrogen-bond donors (Lipinski definition) is 0. The topological polar surface area (TPSA) is 0 Å². The monoisotopic (exact) mass is 352 g/mol. The third kappa shape index (κ3) is 5.73. The molecule has 1 aromatic rings. The van der Waals surface area contributed by atoms with Crippen LogP contribution in [0.2, 0.25) is 0 Å². The first kappa shape index (κ1) is 19.7. The molecule has 0 N–H and O–H groups in total. The van der Waals surface area contributed by atoms with E-state index >= 15 is 0 Å². The Kier molecular flexibility index (Phi) is 7.84. The van der Waals surface area contributed by atoms with Gasteiger partial charge in [0.05, 0.1) is 0 Å². The number of benzene rings is 1. The Hall–Kier alpha value is -1.04. The van der Waals surface area contributed by atoms with E-state index in [1.165, 1.54) is 94.6 Å². The van der Waals surface area contributed by atoms with Crippen molar-refractivity contribution in [2.45, 2.75) is 97.3 Å². The Balaban J connectivity index is 1.40. The standard InChI is InChI=1S/C26H40/c1-3-5-21-7-9-23(10-8-21)11-12-24-15-19-26(20-16-24)25-17-13-22(6-4-2)14-18-25/h7-10,15,22,25-26H,3-6,11-14,16-20H2,1-2H3. The van der Waals surface area contributed by atoms with Crippen LogP contribution in [0.3, 0.4) is 0 Å². The molecule has 0 spiro atoms. The number of hydrogen-bond acceptors (Lipinski definition) is 0. The lowest BCUT2D eigenvalue weighted by Crippen LogP contribution is -2.23. The largest absolute Gasteiger partial charge is 0.0850 e. The third-order valence-electron chi connectivity index (χ3n) is 7.10. The number of allylic oxidation sites excluding steroid dienone is 2. The lowest BCUT2D eigenvalue weighted by molar-refractivity contribution is 0.186. The average molecular weight is 353 g/mol. The Morgan fingerprint density at radius 3 is 2.00 bits per heavy atom. The second kappa shape index (κ2) is 10.3. The van der Waals surface area contributed by atoms with Crippen LogP contribution in [-0.4, -0.2) is 0 Å². The van der Waals surface area contributed by atoms with Gasteiger partial charge in [0.15, 0.2) is 0 Å². The Labute approximate surface area is 162 Å². The van der Waals surface area contributed by atoms with E-state index in [-0.39, 0.29) is 0 Å². The minimum absolute atomic E-state index is 0.995. The molecule has 0 aliphatic heterocycles. The molecule has 1 unspecified atom stereocenters. The Morgan fingerprint density at radius 2 is 1.42 bits per heavy atom. The smallest absolute Gasteiger partial charge is 0.0241 e. The molecule has 0 heterocycles. The van der Waals surface area contributed by atoms with E-state index in [4.69, 9.17) is 0 Å². The van der Waals surface area contributed by atoms with Crippen LogP contribution < -0.4 is 0 Å². The van der Waals surface area contributed by atoms with Crippen molar-refractivity contribution >= 4 is 0 Å². The highest BCUT2D eigenvalue weighted by Crippen LogP contribution is 2.41. The third-order valence-corrected chi connectivity index (χ3v) is 7.10. The van der Waals surface area contributed by atoms with Gasteiger partial charge in [0.2, 0.25) is 0 Å². The van der Waals surface area contributed by atoms with Gasteiger partial charge in [0.1, 0.15) is 0 Å². The van der Waals surface area contributed by atoms with Gasteiger partial charge >= 0.3 is 0 Å². The second-order valence-electron chi connectivity index (χ2n) is 9.03. The van der Waals surface area contributed by atoms with Gasteiger partial charge < -0.3 is 0 Å². The Morgan fingerprint density at radius 1 is 0.731 bits per heavy atom. The van der Waals surface area contributed by atoms with E-state index in [1.807, 2.05) is 0 Å². The maximum atomic E-state index is 2.62. The fraction of sp³-hybridized carbons (Fsp3) is 0.692. The zero-order valence-corrected chi connectivity index (χ0v) is 17.3. The van der Waals surface area contributed by atoms with Gasteiger partial charge in [-0.05, 0) is 80.2 Å². The lowest BCUT2D eigenvalue weighted by Gasteiger charge is -2.35. The molecule has 0 bridgehead atoms. The highest BCUT2D eigenvalue weighted by molar-refractivity contribution is 5.23. The highest BCUT2D eigenvalue weighted by Gasteiger charge is 2.28. The molecule has 2 aliphatic rings. The number of aryl methyl sites for hydroxylation is 2. The summed E-state index contributed by atoms with van der Waals surface area (Å²) < 4.78 is 0. The Bertz CT molecular complexity index is 542. The van der Waals surface area contributed by atoms with Gasteiger partial charge in [-0.25, -0.2) is 0 Å². The van der Waals surface area contributed by atoms with Crippen molar-refractivity contribution < 1.29 is 0 Å². The van der Waals surface area contributed by atoms with Crippen molar-refractivity contribution in [1.82, 2.24) is 0 Å². The molecular weight excluding hydrogens is 312 g/mol. The average Bonchev–Trinajstić information content (AvgIpc) is 2.69. The van der Waals surface area contributed by atoms with Crippen LogP contribution in [-0.2, 0) is 12.8 Å². The molecular formula is C26H40. The van der Waals surface area contributed by atoms with Crippen LogP contribution in [0, 0.1) is 17.8 Å². The van der Waals surface area contributed by atoms with Crippen molar-refractivity contribution in [3.63, 3.8) is 0 Å². The first-order valence-electron chi connectivity index (χ1n) is 11.5. The summed E-state index contributed by atoms with van der Waals surface area (Å²) in [5, 5.41) is 0. The first-order chi connectivity index (χ1) is 12.8. The molecule has 0 heteroatoms. The van der Waals surface area contributed by atoms with Crippen LogP contribution in [0.4, 0.5) is 0 Å². The molecule has 0 aromatic heterocycles. The van der Waals surface area contributed by atoms with E-state index in [0.29, 0.717) is 0 Å². The fourth-order valence-electron chi connectivity index (χ4n) is 5.39. The van der Waals surface area contributed by atoms with Crippen LogP contribution in [0.1, 0.15) is 95.6 Å². The maximum Gasteiger partial charge on any atom is -0.0241 e. The molecule has 0 amide bonds. The summed E-state index contributed by atoms with van der Waals surface area (Å²) in [6.45, 7) is 4.60. The first-order valence-corrected chi connectivity index (χ1v) is 11.5. The molecule has 3 rings (SSSR count). The maximum absolute atomic E-state index is 2.62. The minimum atomic E-state index is 0.995. The van der Waals surface area contributed by atoms with Crippen LogP contribution >= 0.6 is 0 Å². The summed E-state index contributed by atoms with van der Waals surface area (Å²) in [7, 11) is 0. The second-order valence-corrected chi connectivity index (χ2v) is 9.03. The van der Waals surface area contributed by atoms with E-state index in [0.717, 1.165) is 17.8 Å². The predicted molar refractivity (Wildman–Crippen MR) is 115 cm³/mol. The van der Waals surface area contributed by atoms with E-state index < -0.39 is 0 Å². The molecule has 2 aliphatic carbocycles. The molecule has 0 saturated heterocycles. The molecule has 1 aromatic carbocycles. The quantitative estimate of drug-likeness (QED) is 0.417. The van der Waals surface area contributed by atoms with Gasteiger partial charge in [0, 0.05) is 0 Å². The van der Waals surface area contributed by atoms with Crippen molar-refractivity contribution in [2.75, 3.05) is 0 Å². The lowest BCUT2D eigenvalue weighted by atomic mass is 9.70. The zero-order chi connectivity index (χ0) is 18.2. The summed E-state index contributed by atoms with van der Waals surface area (Å²) in [4.78, 5) is 0. The van der Waals surface area contributed by atoms with Crippen molar-refractivity contribution in [3.8, 4) is 0 Å². The van der Waals surface area contributed by atoms with Crippen LogP contribution in [0.15, 0.2) is 35.9 Å². The highest BCUT2D eigenvalue weighted by atomic mass is 14.3. The summed E-state index contributed by atoms with van der Waals surface area (Å²) in [5.74, 6) is 3.08. The zero-order valence-electron chi connectivity index (χ0n) is 17.3. The van der Waals surface area contributed by atoms with Gasteiger partial charge in [-0.3, -0.25) is 0 Å². The molecule has 0 radical (unpaired) electrons. The van der Waals surface area contributed by atoms with Crippen LogP contribution in [0.25, 0.3) is 0 Å². The summed E-state index contributed by atoms with van der Waals surface area (Å²) >= 11 is 0. The van der Waals surface area contributed by atoms with E-state index in [2.05, 4.69) is 44.2 Å². The van der Waals surface area contributed by atoms with Gasteiger partial charge in [0.25, 0.3) is 0 Å². The summed E-state index contributed by atoms with van der Waals surface area (Å²) in [6, 6.07) is 9.37. The van der Waals surface area contributed by atoms with Gasteiger partial charge in [-0.1, -0.05) is 81.9 Å². The molecule has 0 nitrogen and oxygen atoms in total. The van der Waals surface area contributed by atoms with Gasteiger partial charge in [-0.15, -0.1) is 0 Å². The molecule has 1 atom stereocenters. The molecule has 1 saturated carbocycles. The molecule has 144 valence electrons. The molecule has 26 heavy (non-hydrogen) atoms. The predicted octanol–water partition coefficient (Wildman–Crippen LogP) is 7.90. The number of rotatable bonds is 8. The molecule has 1 fully saturated rings. The summed E-state index contributed by atoms with van der Waals surface area (Å²) in [5.41, 5.74) is 4.74. The van der Waals surface area contributed by atoms with Crippen LogP contribution in [0.5, 0.6) is 0 Å². The normalized spacial score (nSPS) is 26.5. The van der Waals surface area contributed by atoms with Crippen molar-refractivity contribution in [2.24, 2.45) is 17.8 Å². The van der Waals surface area contributed by atoms with Crippen molar-refractivity contribution in [1.29, 1.82) is 0 Å². The van der Waals surface area contributed by atoms with Gasteiger partial charge in [-0.2, -0.15) is 0 Å². The van der Waals surface area contributed by atoms with E-state index in [1.54, 1.807) is 5.57 Å². The van der Waals surface area contributed by atoms with E-state index in [9.17, 15) is 0 Å².